The van der Waals surface area contributed by atoms with Gasteiger partial charge >= 0.3 is 0 Å². The molecule has 0 aliphatic heterocycles. The first kappa shape index (κ1) is 18.4. The van der Waals surface area contributed by atoms with Gasteiger partial charge in [0.2, 0.25) is 0 Å². The Hall–Kier alpha value is -3.60. The summed E-state index contributed by atoms with van der Waals surface area (Å²) >= 11 is 0. The minimum absolute atomic E-state index is 0.00409. The van der Waals surface area contributed by atoms with E-state index < -0.39 is 0 Å². The minimum Gasteiger partial charge on any atom is -0.192 e. The quantitative estimate of drug-likeness (QED) is 0.632. The average Bonchev–Trinajstić information content (AvgIpc) is 2.62. The van der Waals surface area contributed by atoms with E-state index in [0.29, 0.717) is 31.3 Å². The van der Waals surface area contributed by atoms with E-state index >= 15 is 0 Å². The van der Waals surface area contributed by atoms with E-state index in [0.717, 1.165) is 0 Å². The third kappa shape index (κ3) is 2.83. The molecule has 0 radical (unpaired) electrons. The fraction of sp³-hybridized carbons (Fsp3) is 0.200. The van der Waals surface area contributed by atoms with Gasteiger partial charge in [-0.15, -0.1) is 0 Å². The second-order valence-electron chi connectivity index (χ2n) is 4.76. The molecule has 116 valence electrons. The van der Waals surface area contributed by atoms with Crippen LogP contribution in [0.5, 0.6) is 0 Å². The number of nitrogens with zero attached hydrogens (tertiary/aromatic N) is 4. The Bertz CT molecular complexity index is 1030. The Balaban J connectivity index is 5.09. The van der Waals surface area contributed by atoms with Crippen LogP contribution in [0.25, 0.3) is 35.5 Å². The summed E-state index contributed by atoms with van der Waals surface area (Å²) in [5.41, 5.74) is 0.00818. The van der Waals surface area contributed by atoms with E-state index in [1.807, 2.05) is 24.3 Å². The lowest BCUT2D eigenvalue weighted by Gasteiger charge is -2.02. The highest BCUT2D eigenvalue weighted by Crippen LogP contribution is 1.82. The van der Waals surface area contributed by atoms with Crippen LogP contribution in [0.2, 0.25) is 0 Å². The topological polar surface area (TPSA) is 95.2 Å². The summed E-state index contributed by atoms with van der Waals surface area (Å²) in [5.74, 6) is 0. The summed E-state index contributed by atoms with van der Waals surface area (Å²) in [7, 11) is 0. The molecule has 1 aromatic carbocycles. The van der Waals surface area contributed by atoms with E-state index in [4.69, 9.17) is 0 Å². The van der Waals surface area contributed by atoms with E-state index in [1.165, 1.54) is 0 Å². The molecule has 0 spiro atoms. The molecular formula is C20H16N4. The zero-order valence-corrected chi connectivity index (χ0v) is 14.1. The first-order valence-corrected chi connectivity index (χ1v) is 7.36. The largest absolute Gasteiger partial charge is 0.192 e. The summed E-state index contributed by atoms with van der Waals surface area (Å²) in [6, 6.07) is 7.79. The van der Waals surface area contributed by atoms with Crippen molar-refractivity contribution in [3.63, 3.8) is 0 Å². The first-order chi connectivity index (χ1) is 11.6. The number of hydrogen-bond donors (Lipinski definition) is 0. The number of hydrogen-bond acceptors (Lipinski definition) is 4. The minimum atomic E-state index is 0.00409. The molecule has 0 amide bonds. The van der Waals surface area contributed by atoms with Crippen molar-refractivity contribution in [1.29, 1.82) is 21.0 Å². The zero-order chi connectivity index (χ0) is 18.3. The number of rotatable bonds is 0. The van der Waals surface area contributed by atoms with Gasteiger partial charge in [-0.25, -0.2) is 0 Å². The van der Waals surface area contributed by atoms with Crippen LogP contribution in [0.1, 0.15) is 27.7 Å². The maximum Gasteiger partial charge on any atom is 0.138 e. The fourth-order valence-corrected chi connectivity index (χ4v) is 2.84. The Labute approximate surface area is 140 Å². The van der Waals surface area contributed by atoms with Gasteiger partial charge in [0, 0.05) is 10.4 Å². The summed E-state index contributed by atoms with van der Waals surface area (Å²) in [5, 5.41) is 41.2. The Morgan fingerprint density at radius 1 is 0.542 bits per heavy atom. The summed E-state index contributed by atoms with van der Waals surface area (Å²) < 4.78 is 0. The van der Waals surface area contributed by atoms with Gasteiger partial charge in [-0.05, 0) is 48.6 Å². The van der Waals surface area contributed by atoms with Gasteiger partial charge in [-0.2, -0.15) is 21.0 Å². The number of benzene rings is 1. The van der Waals surface area contributed by atoms with Crippen LogP contribution in [-0.2, 0) is 0 Å². The highest BCUT2D eigenvalue weighted by molar-refractivity contribution is 5.75. The molecule has 0 aromatic heterocycles. The Morgan fingerprint density at radius 3 is 0.875 bits per heavy atom. The lowest BCUT2D eigenvalue weighted by molar-refractivity contribution is 1.27. The van der Waals surface area contributed by atoms with Gasteiger partial charge in [0.05, 0.1) is 0 Å². The van der Waals surface area contributed by atoms with E-state index in [1.54, 1.807) is 52.0 Å². The van der Waals surface area contributed by atoms with Crippen molar-refractivity contribution in [2.24, 2.45) is 0 Å². The molecule has 4 heteroatoms. The summed E-state index contributed by atoms with van der Waals surface area (Å²) in [4.78, 5) is 0. The third-order valence-electron chi connectivity index (χ3n) is 3.76. The molecule has 0 aliphatic rings. The standard InChI is InChI=1S/C20H16N4/c1-5-15-16(6-2)20(14(11-23)12-24)18(8-4)17(7-3)19(15)13(9-21)10-22/h5-8H,1-4H3/b15-5+,16-6?,17-7+,18-8?. The number of nitriles is 4. The van der Waals surface area contributed by atoms with Gasteiger partial charge in [-0.3, -0.25) is 0 Å². The van der Waals surface area contributed by atoms with Gasteiger partial charge in [-0.1, -0.05) is 24.3 Å². The molecule has 0 saturated carbocycles. The maximum atomic E-state index is 9.35. The fourth-order valence-electron chi connectivity index (χ4n) is 2.84. The van der Waals surface area contributed by atoms with Crippen LogP contribution in [0.15, 0.2) is 0 Å². The SMILES string of the molecule is CC=c1c(=C(C#N)C#N)c(=CC)/c(=C\C)c(=C(C#N)C#N)/c1=C/C. The molecule has 0 saturated heterocycles. The van der Waals surface area contributed by atoms with Crippen LogP contribution in [0.3, 0.4) is 0 Å². The van der Waals surface area contributed by atoms with Crippen molar-refractivity contribution in [1.82, 2.24) is 0 Å². The van der Waals surface area contributed by atoms with Gasteiger partial charge < -0.3 is 0 Å². The van der Waals surface area contributed by atoms with Crippen LogP contribution >= 0.6 is 0 Å². The van der Waals surface area contributed by atoms with Crippen molar-refractivity contribution in [3.8, 4) is 24.3 Å². The third-order valence-corrected chi connectivity index (χ3v) is 3.76. The molecular weight excluding hydrogens is 296 g/mol. The molecule has 0 N–H and O–H groups in total. The van der Waals surface area contributed by atoms with Crippen molar-refractivity contribution in [2.45, 2.75) is 27.7 Å². The lowest BCUT2D eigenvalue weighted by atomic mass is 9.99. The van der Waals surface area contributed by atoms with E-state index in [9.17, 15) is 21.0 Å². The predicted octanol–water partition coefficient (Wildman–Crippen LogP) is -0.716. The van der Waals surface area contributed by atoms with E-state index in [-0.39, 0.29) is 11.1 Å². The maximum absolute atomic E-state index is 9.35. The molecule has 0 heterocycles. The molecule has 0 fully saturated rings. The lowest BCUT2D eigenvalue weighted by Crippen LogP contribution is -2.66. The molecule has 0 aliphatic carbocycles. The van der Waals surface area contributed by atoms with Crippen LogP contribution in [0.4, 0.5) is 0 Å². The molecule has 0 unspecified atom stereocenters. The average molecular weight is 312 g/mol. The van der Waals surface area contributed by atoms with Gasteiger partial charge in [0.25, 0.3) is 0 Å². The van der Waals surface area contributed by atoms with Crippen LogP contribution < -0.4 is 31.3 Å². The molecule has 0 bridgehead atoms. The molecule has 1 aromatic rings. The highest BCUT2D eigenvalue weighted by Gasteiger charge is 2.07. The summed E-state index contributed by atoms with van der Waals surface area (Å²) in [6.45, 7) is 7.20. The normalized spacial score (nSPS) is 13.0. The van der Waals surface area contributed by atoms with E-state index in [2.05, 4.69) is 0 Å². The summed E-state index contributed by atoms with van der Waals surface area (Å²) in [6.07, 6.45) is 7.17. The van der Waals surface area contributed by atoms with Crippen molar-refractivity contribution in [3.05, 3.63) is 31.3 Å². The van der Waals surface area contributed by atoms with Gasteiger partial charge in [0.15, 0.2) is 0 Å². The van der Waals surface area contributed by atoms with Crippen molar-refractivity contribution in [2.75, 3.05) is 0 Å². The smallest absolute Gasteiger partial charge is 0.138 e. The van der Waals surface area contributed by atoms with Crippen molar-refractivity contribution >= 4 is 35.5 Å². The highest BCUT2D eigenvalue weighted by atomic mass is 14.3. The monoisotopic (exact) mass is 312 g/mol. The van der Waals surface area contributed by atoms with Crippen LogP contribution in [0, 0.1) is 45.3 Å². The zero-order valence-electron chi connectivity index (χ0n) is 14.1. The van der Waals surface area contributed by atoms with Crippen molar-refractivity contribution < 1.29 is 0 Å². The Morgan fingerprint density at radius 2 is 0.750 bits per heavy atom. The van der Waals surface area contributed by atoms with Gasteiger partial charge in [0.1, 0.15) is 35.4 Å². The first-order valence-electron chi connectivity index (χ1n) is 7.36. The predicted molar refractivity (Wildman–Crippen MR) is 94.0 cm³/mol. The second kappa shape index (κ2) is 8.14. The molecule has 1 rings (SSSR count). The molecule has 4 nitrogen and oxygen atoms in total. The molecule has 0 atom stereocenters. The Kier molecular flexibility index (Phi) is 6.26. The van der Waals surface area contributed by atoms with Crippen LogP contribution in [-0.4, -0.2) is 0 Å². The molecule has 24 heavy (non-hydrogen) atoms. The second-order valence-corrected chi connectivity index (χ2v) is 4.76.